The van der Waals surface area contributed by atoms with E-state index in [0.29, 0.717) is 11.3 Å². The van der Waals surface area contributed by atoms with Gasteiger partial charge in [-0.25, -0.2) is 8.42 Å². The van der Waals surface area contributed by atoms with E-state index in [1.807, 2.05) is 13.0 Å². The Morgan fingerprint density at radius 1 is 1.32 bits per heavy atom. The van der Waals surface area contributed by atoms with Crippen LogP contribution >= 0.6 is 0 Å². The van der Waals surface area contributed by atoms with Gasteiger partial charge in [0.05, 0.1) is 10.6 Å². The maximum atomic E-state index is 12.4. The van der Waals surface area contributed by atoms with Crippen LogP contribution < -0.4 is 5.32 Å². The first-order chi connectivity index (χ1) is 9.01. The second-order valence-electron chi connectivity index (χ2n) is 4.71. The molecule has 5 heteroatoms. The van der Waals surface area contributed by atoms with E-state index in [1.54, 1.807) is 25.1 Å². The molecule has 0 saturated carbocycles. The van der Waals surface area contributed by atoms with E-state index < -0.39 is 9.84 Å². The molecule has 0 spiro atoms. The van der Waals surface area contributed by atoms with Crippen molar-refractivity contribution in [2.75, 3.05) is 18.9 Å². The number of hydrogen-bond donors (Lipinski definition) is 2. The Bertz CT molecular complexity index is 485. The van der Waals surface area contributed by atoms with E-state index in [2.05, 4.69) is 5.32 Å². The maximum Gasteiger partial charge on any atom is 0.180 e. The average molecular weight is 285 g/mol. The smallest absolute Gasteiger partial charge is 0.180 e. The molecule has 1 atom stereocenters. The van der Waals surface area contributed by atoms with Gasteiger partial charge in [-0.15, -0.1) is 0 Å². The molecule has 1 rings (SSSR count). The number of aliphatic hydroxyl groups excluding tert-OH is 1. The number of aliphatic hydroxyl groups is 1. The van der Waals surface area contributed by atoms with Crippen LogP contribution in [-0.2, 0) is 9.84 Å². The largest absolute Gasteiger partial charge is 0.396 e. The monoisotopic (exact) mass is 285 g/mol. The molecule has 0 bridgehead atoms. The molecule has 0 heterocycles. The second-order valence-corrected chi connectivity index (χ2v) is 6.71. The van der Waals surface area contributed by atoms with E-state index in [4.69, 9.17) is 5.11 Å². The molecule has 4 nitrogen and oxygen atoms in total. The summed E-state index contributed by atoms with van der Waals surface area (Å²) in [6.07, 6.45) is 1.39. The maximum absolute atomic E-state index is 12.4. The molecule has 0 radical (unpaired) electrons. The number of nitrogens with one attached hydrogen (secondary N) is 1. The summed E-state index contributed by atoms with van der Waals surface area (Å²) in [6.45, 7) is 4.57. The van der Waals surface area contributed by atoms with Crippen LogP contribution in [0, 0.1) is 6.92 Å². The van der Waals surface area contributed by atoms with Crippen molar-refractivity contribution in [3.63, 3.8) is 0 Å². The Kier molecular flexibility index (Phi) is 6.48. The SMILES string of the molecule is CCCNC(CCO)CS(=O)(=O)c1ccccc1C. The number of sulfone groups is 1. The van der Waals surface area contributed by atoms with Crippen LogP contribution in [0.3, 0.4) is 0 Å². The van der Waals surface area contributed by atoms with E-state index in [1.165, 1.54) is 0 Å². The normalized spacial score (nSPS) is 13.4. The van der Waals surface area contributed by atoms with E-state index in [0.717, 1.165) is 18.5 Å². The molecule has 19 heavy (non-hydrogen) atoms. The highest BCUT2D eigenvalue weighted by molar-refractivity contribution is 7.91. The van der Waals surface area contributed by atoms with Crippen LogP contribution in [0.4, 0.5) is 0 Å². The number of benzene rings is 1. The van der Waals surface area contributed by atoms with Gasteiger partial charge in [0, 0.05) is 12.6 Å². The third kappa shape index (κ3) is 4.93. The molecule has 0 aliphatic heterocycles. The van der Waals surface area contributed by atoms with Gasteiger partial charge in [-0.1, -0.05) is 25.1 Å². The van der Waals surface area contributed by atoms with Crippen LogP contribution in [0.15, 0.2) is 29.2 Å². The van der Waals surface area contributed by atoms with Gasteiger partial charge in [-0.05, 0) is 37.9 Å². The highest BCUT2D eigenvalue weighted by atomic mass is 32.2. The third-order valence-electron chi connectivity index (χ3n) is 3.01. The summed E-state index contributed by atoms with van der Waals surface area (Å²) < 4.78 is 24.8. The fraction of sp³-hybridized carbons (Fsp3) is 0.571. The lowest BCUT2D eigenvalue weighted by atomic mass is 10.2. The first-order valence-electron chi connectivity index (χ1n) is 6.64. The van der Waals surface area contributed by atoms with Crippen molar-refractivity contribution in [3.05, 3.63) is 29.8 Å². The van der Waals surface area contributed by atoms with Gasteiger partial charge in [-0.2, -0.15) is 0 Å². The van der Waals surface area contributed by atoms with Crippen LogP contribution in [-0.4, -0.2) is 38.5 Å². The average Bonchev–Trinajstić information content (AvgIpc) is 2.36. The molecule has 0 aliphatic rings. The van der Waals surface area contributed by atoms with E-state index in [-0.39, 0.29) is 18.4 Å². The Hall–Kier alpha value is -0.910. The third-order valence-corrected chi connectivity index (χ3v) is 4.98. The number of hydrogen-bond acceptors (Lipinski definition) is 4. The molecular weight excluding hydrogens is 262 g/mol. The summed E-state index contributed by atoms with van der Waals surface area (Å²) in [5.41, 5.74) is 0.765. The van der Waals surface area contributed by atoms with Gasteiger partial charge in [0.1, 0.15) is 0 Å². The summed E-state index contributed by atoms with van der Waals surface area (Å²) in [5, 5.41) is 12.2. The molecule has 0 fully saturated rings. The Labute approximate surface area is 115 Å². The van der Waals surface area contributed by atoms with Crippen LogP contribution in [0.25, 0.3) is 0 Å². The molecule has 0 aliphatic carbocycles. The molecule has 0 saturated heterocycles. The fourth-order valence-corrected chi connectivity index (χ4v) is 3.85. The van der Waals surface area contributed by atoms with E-state index in [9.17, 15) is 8.42 Å². The predicted octanol–water partition coefficient (Wildman–Crippen LogP) is 1.52. The predicted molar refractivity (Wildman–Crippen MR) is 77.0 cm³/mol. The Morgan fingerprint density at radius 3 is 2.58 bits per heavy atom. The summed E-state index contributed by atoms with van der Waals surface area (Å²) in [6, 6.07) is 6.80. The van der Waals surface area contributed by atoms with Crippen molar-refractivity contribution >= 4 is 9.84 Å². The van der Waals surface area contributed by atoms with Crippen LogP contribution in [0.1, 0.15) is 25.3 Å². The minimum atomic E-state index is -3.32. The highest BCUT2D eigenvalue weighted by Gasteiger charge is 2.21. The second kappa shape index (κ2) is 7.62. The van der Waals surface area contributed by atoms with Gasteiger partial charge in [0.2, 0.25) is 0 Å². The van der Waals surface area contributed by atoms with Crippen molar-refractivity contribution in [1.29, 1.82) is 0 Å². The molecule has 1 aromatic rings. The van der Waals surface area contributed by atoms with Gasteiger partial charge in [0.15, 0.2) is 9.84 Å². The topological polar surface area (TPSA) is 66.4 Å². The lowest BCUT2D eigenvalue weighted by molar-refractivity contribution is 0.269. The summed E-state index contributed by atoms with van der Waals surface area (Å²) in [5.74, 6) is 0.0262. The van der Waals surface area contributed by atoms with Crippen LogP contribution in [0.5, 0.6) is 0 Å². The molecule has 1 aromatic carbocycles. The number of rotatable bonds is 8. The molecule has 2 N–H and O–H groups in total. The Morgan fingerprint density at radius 2 is 2.00 bits per heavy atom. The Balaban J connectivity index is 2.85. The van der Waals surface area contributed by atoms with Gasteiger partial charge < -0.3 is 10.4 Å². The molecular formula is C14H23NO3S. The van der Waals surface area contributed by atoms with E-state index >= 15 is 0 Å². The van der Waals surface area contributed by atoms with Crippen molar-refractivity contribution < 1.29 is 13.5 Å². The number of aryl methyl sites for hydroxylation is 1. The van der Waals surface area contributed by atoms with Crippen LogP contribution in [0.2, 0.25) is 0 Å². The van der Waals surface area contributed by atoms with Crippen molar-refractivity contribution in [2.24, 2.45) is 0 Å². The molecule has 0 amide bonds. The fourth-order valence-electron chi connectivity index (χ4n) is 2.01. The first kappa shape index (κ1) is 16.1. The molecule has 0 aromatic heterocycles. The molecule has 108 valence electrons. The minimum Gasteiger partial charge on any atom is -0.396 e. The lowest BCUT2D eigenvalue weighted by Crippen LogP contribution is -2.37. The minimum absolute atomic E-state index is 0.00925. The van der Waals surface area contributed by atoms with Gasteiger partial charge >= 0.3 is 0 Å². The zero-order valence-electron chi connectivity index (χ0n) is 11.6. The quantitative estimate of drug-likeness (QED) is 0.760. The highest BCUT2D eigenvalue weighted by Crippen LogP contribution is 2.17. The summed E-state index contributed by atoms with van der Waals surface area (Å²) in [7, 11) is -3.32. The van der Waals surface area contributed by atoms with Crippen molar-refractivity contribution in [1.82, 2.24) is 5.32 Å². The summed E-state index contributed by atoms with van der Waals surface area (Å²) in [4.78, 5) is 0.385. The van der Waals surface area contributed by atoms with Crippen molar-refractivity contribution in [2.45, 2.75) is 37.6 Å². The lowest BCUT2D eigenvalue weighted by Gasteiger charge is -2.18. The molecule has 1 unspecified atom stereocenters. The first-order valence-corrected chi connectivity index (χ1v) is 8.29. The van der Waals surface area contributed by atoms with Gasteiger partial charge in [0.25, 0.3) is 0 Å². The van der Waals surface area contributed by atoms with Gasteiger partial charge in [-0.3, -0.25) is 0 Å². The standard InChI is InChI=1S/C14H23NO3S/c1-3-9-15-13(8-10-16)11-19(17,18)14-7-5-4-6-12(14)2/h4-7,13,15-16H,3,8-11H2,1-2H3. The zero-order valence-corrected chi connectivity index (χ0v) is 12.4. The van der Waals surface area contributed by atoms with Crippen molar-refractivity contribution in [3.8, 4) is 0 Å². The zero-order chi connectivity index (χ0) is 14.3. The summed E-state index contributed by atoms with van der Waals surface area (Å²) >= 11 is 0.